The van der Waals surface area contributed by atoms with E-state index < -0.39 is 21.7 Å². The van der Waals surface area contributed by atoms with Gasteiger partial charge in [-0.25, -0.2) is 27.9 Å². The van der Waals surface area contributed by atoms with Crippen molar-refractivity contribution in [3.05, 3.63) is 53.1 Å². The van der Waals surface area contributed by atoms with E-state index in [2.05, 4.69) is 9.97 Å². The number of nitrogens with one attached hydrogen (secondary N) is 1. The summed E-state index contributed by atoms with van der Waals surface area (Å²) in [4.78, 5) is 19.7. The molecule has 0 spiro atoms. The molecule has 0 saturated carbocycles. The average molecular weight is 479 g/mol. The molecule has 0 atom stereocenters. The molecule has 9 nitrogen and oxygen atoms in total. The summed E-state index contributed by atoms with van der Waals surface area (Å²) in [6.07, 6.45) is 2.34. The lowest BCUT2D eigenvalue weighted by atomic mass is 10.1. The van der Waals surface area contributed by atoms with Crippen LogP contribution in [0.4, 0.5) is 4.79 Å². The predicted molar refractivity (Wildman–Crippen MR) is 121 cm³/mol. The van der Waals surface area contributed by atoms with E-state index in [-0.39, 0.29) is 15.8 Å². The van der Waals surface area contributed by atoms with Gasteiger partial charge in [-0.3, -0.25) is 0 Å². The van der Waals surface area contributed by atoms with Gasteiger partial charge in [-0.15, -0.1) is 11.3 Å². The number of carboxylic acid groups (broad SMARTS) is 1. The van der Waals surface area contributed by atoms with E-state index in [0.29, 0.717) is 29.4 Å². The maximum atomic E-state index is 12.6. The average Bonchev–Trinajstić information content (AvgIpc) is 3.28. The van der Waals surface area contributed by atoms with Gasteiger partial charge in [0.1, 0.15) is 17.1 Å². The zero-order chi connectivity index (χ0) is 23.7. The van der Waals surface area contributed by atoms with Crippen molar-refractivity contribution in [2.24, 2.45) is 5.92 Å². The first-order valence-electron chi connectivity index (χ1n) is 9.95. The van der Waals surface area contributed by atoms with Gasteiger partial charge in [0.05, 0.1) is 5.01 Å². The fourth-order valence-electron chi connectivity index (χ4n) is 3.24. The molecule has 3 N–H and O–H groups in total. The van der Waals surface area contributed by atoms with Crippen molar-refractivity contribution in [1.29, 1.82) is 0 Å². The van der Waals surface area contributed by atoms with Crippen molar-refractivity contribution in [3.8, 4) is 11.3 Å². The Morgan fingerprint density at radius 3 is 2.47 bits per heavy atom. The maximum absolute atomic E-state index is 12.6. The number of benzene rings is 1. The second-order valence-corrected chi connectivity index (χ2v) is 11.3. The third-order valence-electron chi connectivity index (χ3n) is 4.53. The molecule has 1 amide bonds. The molecular weight excluding hydrogens is 452 g/mol. The van der Waals surface area contributed by atoms with Gasteiger partial charge < -0.3 is 14.8 Å². The zero-order valence-electron chi connectivity index (χ0n) is 18.2. The number of aromatic nitrogens is 3. The number of sulfonamides is 1. The van der Waals surface area contributed by atoms with Gasteiger partial charge in [0.2, 0.25) is 0 Å². The predicted octanol–water partition coefficient (Wildman–Crippen LogP) is 3.44. The highest BCUT2D eigenvalue weighted by Gasteiger charge is 2.27. The van der Waals surface area contributed by atoms with Gasteiger partial charge >= 0.3 is 6.09 Å². The van der Waals surface area contributed by atoms with Gasteiger partial charge in [-0.1, -0.05) is 38.1 Å². The lowest BCUT2D eigenvalue weighted by Crippen LogP contribution is -2.28. The van der Waals surface area contributed by atoms with Crippen LogP contribution in [0.25, 0.3) is 11.3 Å². The zero-order valence-corrected chi connectivity index (χ0v) is 19.9. The molecule has 11 heteroatoms. The largest absolute Gasteiger partial charge is 0.464 e. The molecule has 1 aromatic carbocycles. The lowest BCUT2D eigenvalue weighted by Gasteiger charge is -2.18. The molecule has 172 valence electrons. The highest BCUT2D eigenvalue weighted by atomic mass is 32.2. The first-order valence-corrected chi connectivity index (χ1v) is 12.3. The first-order chi connectivity index (χ1) is 14.9. The Balaban J connectivity index is 1.95. The van der Waals surface area contributed by atoms with E-state index in [1.807, 2.05) is 30.5 Å². The minimum absolute atomic E-state index is 0.123. The van der Waals surface area contributed by atoms with Crippen molar-refractivity contribution in [2.75, 3.05) is 0 Å². The summed E-state index contributed by atoms with van der Waals surface area (Å²) in [6, 6.07) is 7.19. The minimum Gasteiger partial charge on any atom is -0.464 e. The Hall–Kier alpha value is -2.76. The number of imidazole rings is 1. The molecule has 0 radical (unpaired) electrons. The Morgan fingerprint density at radius 1 is 1.25 bits per heavy atom. The quantitative estimate of drug-likeness (QED) is 0.451. The number of thiazole rings is 1. The summed E-state index contributed by atoms with van der Waals surface area (Å²) in [5, 5.41) is 19.8. The molecule has 32 heavy (non-hydrogen) atoms. The van der Waals surface area contributed by atoms with E-state index >= 15 is 0 Å². The number of carbonyl (C=O) groups is 1. The monoisotopic (exact) mass is 478 g/mol. The van der Waals surface area contributed by atoms with Crippen LogP contribution in [-0.2, 0) is 28.6 Å². The lowest BCUT2D eigenvalue weighted by molar-refractivity contribution is 0.0652. The van der Waals surface area contributed by atoms with Crippen LogP contribution in [-0.4, -0.2) is 39.3 Å². The van der Waals surface area contributed by atoms with Crippen LogP contribution < -0.4 is 4.72 Å². The second kappa shape index (κ2) is 9.00. The van der Waals surface area contributed by atoms with Gasteiger partial charge in [-0.2, -0.15) is 0 Å². The van der Waals surface area contributed by atoms with Gasteiger partial charge in [0.25, 0.3) is 10.0 Å². The Morgan fingerprint density at radius 2 is 1.91 bits per heavy atom. The molecule has 0 aliphatic rings. The van der Waals surface area contributed by atoms with E-state index in [1.165, 1.54) is 0 Å². The van der Waals surface area contributed by atoms with Gasteiger partial charge in [0, 0.05) is 30.9 Å². The highest BCUT2D eigenvalue weighted by Crippen LogP contribution is 2.33. The third kappa shape index (κ3) is 5.53. The number of aliphatic hydroxyl groups is 1. The fourth-order valence-corrected chi connectivity index (χ4v) is 5.86. The Labute approximate surface area is 190 Å². The standard InChI is InChI=1S/C21H26N4O5S2/c1-13(2)11-16-23-17(18(31-16)32(29,30)24-20(26)27)15-7-5-14(6-8-15)12-25-10-9-22-19(25)21(3,4)28/h5-10,13,24,28H,11-12H2,1-4H3,(H,26,27). The first kappa shape index (κ1) is 23.9. The van der Waals surface area contributed by atoms with Gasteiger partial charge in [-0.05, 0) is 25.3 Å². The second-order valence-electron chi connectivity index (χ2n) is 8.39. The number of hydrogen-bond acceptors (Lipinski definition) is 7. The third-order valence-corrected chi connectivity index (χ3v) is 7.44. The van der Waals surface area contributed by atoms with Crippen LogP contribution in [0.2, 0.25) is 0 Å². The van der Waals surface area contributed by atoms with Crippen LogP contribution >= 0.6 is 11.3 Å². The van der Waals surface area contributed by atoms with E-state index in [1.54, 1.807) is 43.1 Å². The number of nitrogens with zero attached hydrogens (tertiary/aromatic N) is 3. The van der Waals surface area contributed by atoms with Crippen molar-refractivity contribution >= 4 is 27.5 Å². The topological polar surface area (TPSA) is 134 Å². The van der Waals surface area contributed by atoms with Crippen LogP contribution in [0.15, 0.2) is 40.9 Å². The smallest absolute Gasteiger partial charge is 0.418 e. The van der Waals surface area contributed by atoms with Crippen LogP contribution in [0, 0.1) is 5.92 Å². The van der Waals surface area contributed by atoms with E-state index in [4.69, 9.17) is 5.11 Å². The number of hydrogen-bond donors (Lipinski definition) is 3. The number of rotatable bonds is 8. The van der Waals surface area contributed by atoms with Crippen molar-refractivity contribution in [3.63, 3.8) is 0 Å². The molecular formula is C21H26N4O5S2. The summed E-state index contributed by atoms with van der Waals surface area (Å²) in [5.41, 5.74) is 0.630. The summed E-state index contributed by atoms with van der Waals surface area (Å²) in [6.45, 7) is 7.80. The Kier molecular flexibility index (Phi) is 6.72. The Bertz CT molecular complexity index is 1210. The molecule has 0 aliphatic heterocycles. The van der Waals surface area contributed by atoms with Crippen LogP contribution in [0.3, 0.4) is 0 Å². The summed E-state index contributed by atoms with van der Waals surface area (Å²) in [7, 11) is -4.26. The van der Waals surface area contributed by atoms with Crippen molar-refractivity contribution in [2.45, 2.75) is 50.5 Å². The fraction of sp³-hybridized carbons (Fsp3) is 0.381. The van der Waals surface area contributed by atoms with Gasteiger partial charge in [0.15, 0.2) is 4.21 Å². The molecule has 2 heterocycles. The summed E-state index contributed by atoms with van der Waals surface area (Å²) in [5.74, 6) is 0.798. The molecule has 0 aliphatic carbocycles. The molecule has 0 unspecified atom stereocenters. The van der Waals surface area contributed by atoms with E-state index in [9.17, 15) is 18.3 Å². The highest BCUT2D eigenvalue weighted by molar-refractivity contribution is 7.92. The normalized spacial score (nSPS) is 12.3. The van der Waals surface area contributed by atoms with Crippen LogP contribution in [0.1, 0.15) is 44.1 Å². The van der Waals surface area contributed by atoms with E-state index in [0.717, 1.165) is 16.9 Å². The molecule has 2 aromatic heterocycles. The SMILES string of the molecule is CC(C)Cc1nc(-c2ccc(Cn3ccnc3C(C)(C)O)cc2)c(S(=O)(=O)NC(=O)O)s1. The van der Waals surface area contributed by atoms with Crippen molar-refractivity contribution in [1.82, 2.24) is 19.3 Å². The van der Waals surface area contributed by atoms with Crippen LogP contribution in [0.5, 0.6) is 0 Å². The molecule has 3 aromatic rings. The molecule has 3 rings (SSSR count). The summed E-state index contributed by atoms with van der Waals surface area (Å²) >= 11 is 0.979. The molecule has 0 saturated heterocycles. The minimum atomic E-state index is -4.26. The summed E-state index contributed by atoms with van der Waals surface area (Å²) < 4.78 is 28.5. The van der Waals surface area contributed by atoms with Crippen molar-refractivity contribution < 1.29 is 23.4 Å². The maximum Gasteiger partial charge on any atom is 0.418 e. The molecule has 0 bridgehead atoms. The molecule has 0 fully saturated rings. The number of amides is 1.